The summed E-state index contributed by atoms with van der Waals surface area (Å²) in [4.78, 5) is 23.8. The van der Waals surface area contributed by atoms with Gasteiger partial charge in [-0.3, -0.25) is 4.79 Å². The maximum atomic E-state index is 12.4. The smallest absolute Gasteiger partial charge is 0.312 e. The number of anilines is 1. The van der Waals surface area contributed by atoms with Crippen molar-refractivity contribution in [2.45, 2.75) is 12.0 Å². The number of carbonyl (C=O) groups excluding carboxylic acids is 2. The van der Waals surface area contributed by atoms with Gasteiger partial charge in [-0.25, -0.2) is 4.79 Å². The molecule has 3 amide bonds. The molecule has 112 valence electrons. The van der Waals surface area contributed by atoms with Crippen LogP contribution in [-0.4, -0.2) is 11.9 Å². The zero-order chi connectivity index (χ0) is 15.7. The third-order valence-electron chi connectivity index (χ3n) is 3.71. The second kappa shape index (κ2) is 5.69. The van der Waals surface area contributed by atoms with E-state index in [0.717, 1.165) is 11.3 Å². The van der Waals surface area contributed by atoms with E-state index in [-0.39, 0.29) is 5.91 Å². The average Bonchev–Trinajstić information content (AvgIpc) is 2.81. The normalized spacial score (nSPS) is 17.5. The molecule has 22 heavy (non-hydrogen) atoms. The Balaban J connectivity index is 2.09. The predicted octanol–water partition coefficient (Wildman–Crippen LogP) is 2.79. The molecule has 0 radical (unpaired) electrons. The van der Waals surface area contributed by atoms with E-state index in [1.54, 1.807) is 24.3 Å². The Morgan fingerprint density at radius 1 is 1.18 bits per heavy atom. The number of hydrogen-bond acceptors (Lipinski definition) is 2. The van der Waals surface area contributed by atoms with E-state index in [1.165, 1.54) is 0 Å². The minimum absolute atomic E-state index is 0.195. The van der Waals surface area contributed by atoms with Crippen LogP contribution in [0.5, 0.6) is 0 Å². The first kappa shape index (κ1) is 14.4. The number of rotatable bonds is 3. The largest absolute Gasteiger partial charge is 0.352 e. The number of carbonyl (C=O) groups is 2. The van der Waals surface area contributed by atoms with Crippen molar-refractivity contribution >= 4 is 29.2 Å². The second-order valence-electron chi connectivity index (χ2n) is 5.06. The highest BCUT2D eigenvalue weighted by Gasteiger charge is 2.38. The summed E-state index contributed by atoms with van der Waals surface area (Å²) >= 11 is 6.23. The summed E-state index contributed by atoms with van der Waals surface area (Å²) in [6.45, 7) is 0. The molecule has 2 unspecified atom stereocenters. The number of primary amides is 1. The number of urea groups is 1. The van der Waals surface area contributed by atoms with Crippen LogP contribution in [0.2, 0.25) is 5.02 Å². The first-order valence-electron chi connectivity index (χ1n) is 6.78. The zero-order valence-corrected chi connectivity index (χ0v) is 12.3. The van der Waals surface area contributed by atoms with Gasteiger partial charge in [0.2, 0.25) is 5.91 Å². The van der Waals surface area contributed by atoms with Crippen molar-refractivity contribution in [2.24, 2.45) is 5.73 Å². The Morgan fingerprint density at radius 3 is 2.59 bits per heavy atom. The molecule has 0 saturated carbocycles. The van der Waals surface area contributed by atoms with Gasteiger partial charge in [0.05, 0.1) is 12.0 Å². The van der Waals surface area contributed by atoms with Gasteiger partial charge in [0, 0.05) is 10.7 Å². The number of para-hydroxylation sites is 1. The summed E-state index contributed by atoms with van der Waals surface area (Å²) < 4.78 is 0. The standard InChI is InChI=1S/C16H14ClN3O2/c17-11-7-3-1-5-9(11)14(20-16(18)22)13-10-6-2-4-8-12(10)19-15(13)21/h1-8,13-14H,(H,19,21)(H3,18,20,22). The number of fused-ring (bicyclic) bond motifs is 1. The third kappa shape index (κ3) is 2.51. The molecular formula is C16H14ClN3O2. The molecule has 1 aliphatic rings. The van der Waals surface area contributed by atoms with E-state index < -0.39 is 18.0 Å². The molecule has 0 aromatic heterocycles. The fraction of sp³-hybridized carbons (Fsp3) is 0.125. The van der Waals surface area contributed by atoms with Crippen LogP contribution < -0.4 is 16.4 Å². The first-order valence-corrected chi connectivity index (χ1v) is 7.16. The Morgan fingerprint density at radius 2 is 1.86 bits per heavy atom. The Labute approximate surface area is 132 Å². The maximum Gasteiger partial charge on any atom is 0.312 e. The average molecular weight is 316 g/mol. The van der Waals surface area contributed by atoms with E-state index >= 15 is 0 Å². The third-order valence-corrected chi connectivity index (χ3v) is 4.05. The van der Waals surface area contributed by atoms with E-state index in [4.69, 9.17) is 17.3 Å². The predicted molar refractivity (Wildman–Crippen MR) is 84.7 cm³/mol. The van der Waals surface area contributed by atoms with Gasteiger partial charge in [0.15, 0.2) is 0 Å². The number of benzene rings is 2. The molecule has 1 aliphatic heterocycles. The molecule has 6 heteroatoms. The number of hydrogen-bond donors (Lipinski definition) is 3. The van der Waals surface area contributed by atoms with Crippen LogP contribution in [-0.2, 0) is 4.79 Å². The number of nitrogens with two attached hydrogens (primary N) is 1. The molecule has 0 spiro atoms. The number of amides is 3. The first-order chi connectivity index (χ1) is 10.6. The SMILES string of the molecule is NC(=O)NC(c1ccccc1Cl)C1C(=O)Nc2ccccc21. The summed E-state index contributed by atoms with van der Waals surface area (Å²) in [6.07, 6.45) is 0. The summed E-state index contributed by atoms with van der Waals surface area (Å²) in [5, 5.41) is 5.93. The van der Waals surface area contributed by atoms with Crippen molar-refractivity contribution in [1.29, 1.82) is 0 Å². The lowest BCUT2D eigenvalue weighted by molar-refractivity contribution is -0.117. The fourth-order valence-corrected chi connectivity index (χ4v) is 3.04. The van der Waals surface area contributed by atoms with Gasteiger partial charge in [0.25, 0.3) is 0 Å². The summed E-state index contributed by atoms with van der Waals surface area (Å²) in [5.41, 5.74) is 7.49. The van der Waals surface area contributed by atoms with Crippen molar-refractivity contribution < 1.29 is 9.59 Å². The Bertz CT molecular complexity index is 748. The molecule has 0 fully saturated rings. The van der Waals surface area contributed by atoms with Crippen molar-refractivity contribution in [3.8, 4) is 0 Å². The van der Waals surface area contributed by atoms with Crippen molar-refractivity contribution in [2.75, 3.05) is 5.32 Å². The zero-order valence-electron chi connectivity index (χ0n) is 11.5. The van der Waals surface area contributed by atoms with E-state index in [2.05, 4.69) is 10.6 Å². The van der Waals surface area contributed by atoms with Crippen molar-refractivity contribution in [3.63, 3.8) is 0 Å². The van der Waals surface area contributed by atoms with Crippen LogP contribution >= 0.6 is 11.6 Å². The highest BCUT2D eigenvalue weighted by Crippen LogP contribution is 2.41. The molecule has 0 saturated heterocycles. The van der Waals surface area contributed by atoms with Gasteiger partial charge in [-0.1, -0.05) is 48.0 Å². The lowest BCUT2D eigenvalue weighted by atomic mass is 9.88. The van der Waals surface area contributed by atoms with Gasteiger partial charge >= 0.3 is 6.03 Å². The monoisotopic (exact) mass is 315 g/mol. The van der Waals surface area contributed by atoms with Crippen molar-refractivity contribution in [3.05, 3.63) is 64.7 Å². The molecule has 0 aliphatic carbocycles. The fourth-order valence-electron chi connectivity index (χ4n) is 2.79. The highest BCUT2D eigenvalue weighted by atomic mass is 35.5. The molecule has 0 bridgehead atoms. The van der Waals surface area contributed by atoms with Gasteiger partial charge in [-0.15, -0.1) is 0 Å². The molecule has 1 heterocycles. The molecule has 4 N–H and O–H groups in total. The quantitative estimate of drug-likeness (QED) is 0.813. The van der Waals surface area contributed by atoms with Crippen LogP contribution in [0.15, 0.2) is 48.5 Å². The molecule has 3 rings (SSSR count). The van der Waals surface area contributed by atoms with Gasteiger partial charge in [0.1, 0.15) is 0 Å². The minimum atomic E-state index is -0.706. The van der Waals surface area contributed by atoms with E-state index in [0.29, 0.717) is 10.6 Å². The second-order valence-corrected chi connectivity index (χ2v) is 5.47. The molecule has 2 aromatic rings. The molecule has 2 aromatic carbocycles. The summed E-state index contributed by atoms with van der Waals surface area (Å²) in [6, 6.07) is 13.1. The Kier molecular flexibility index (Phi) is 3.73. The van der Waals surface area contributed by atoms with Gasteiger partial charge in [-0.05, 0) is 23.3 Å². The van der Waals surface area contributed by atoms with Crippen LogP contribution in [0, 0.1) is 0 Å². The molecule has 2 atom stereocenters. The lowest BCUT2D eigenvalue weighted by Gasteiger charge is -2.24. The Hall–Kier alpha value is -2.53. The molecule has 5 nitrogen and oxygen atoms in total. The lowest BCUT2D eigenvalue weighted by Crippen LogP contribution is -2.38. The van der Waals surface area contributed by atoms with Gasteiger partial charge in [-0.2, -0.15) is 0 Å². The van der Waals surface area contributed by atoms with Crippen LogP contribution in [0.1, 0.15) is 23.1 Å². The summed E-state index contributed by atoms with van der Waals surface area (Å²) in [7, 11) is 0. The van der Waals surface area contributed by atoms with E-state index in [1.807, 2.05) is 24.3 Å². The number of nitrogens with one attached hydrogen (secondary N) is 2. The van der Waals surface area contributed by atoms with Gasteiger partial charge < -0.3 is 16.4 Å². The summed E-state index contributed by atoms with van der Waals surface area (Å²) in [5.74, 6) is -0.775. The maximum absolute atomic E-state index is 12.4. The minimum Gasteiger partial charge on any atom is -0.352 e. The topological polar surface area (TPSA) is 84.2 Å². The highest BCUT2D eigenvalue weighted by molar-refractivity contribution is 6.31. The van der Waals surface area contributed by atoms with Crippen LogP contribution in [0.4, 0.5) is 10.5 Å². The number of halogens is 1. The molecular weight excluding hydrogens is 302 g/mol. The van der Waals surface area contributed by atoms with Crippen molar-refractivity contribution in [1.82, 2.24) is 5.32 Å². The van der Waals surface area contributed by atoms with Crippen LogP contribution in [0.25, 0.3) is 0 Å². The van der Waals surface area contributed by atoms with Crippen LogP contribution in [0.3, 0.4) is 0 Å². The van der Waals surface area contributed by atoms with E-state index in [9.17, 15) is 9.59 Å².